The van der Waals surface area contributed by atoms with Crippen LogP contribution in [0.25, 0.3) is 0 Å². The van der Waals surface area contributed by atoms with Crippen molar-refractivity contribution in [3.63, 3.8) is 0 Å². The first kappa shape index (κ1) is 12.1. The standard InChI is InChI=1S/C12H17F2N/c1-3-4-8-11(15-2)9-6-5-7-10(13)12(9)14/h5-7,11,15H,3-4,8H2,1-2H3. The second-order valence-corrected chi connectivity index (χ2v) is 3.63. The van der Waals surface area contributed by atoms with E-state index in [2.05, 4.69) is 12.2 Å². The highest BCUT2D eigenvalue weighted by Crippen LogP contribution is 2.23. The van der Waals surface area contributed by atoms with Crippen LogP contribution in [0.15, 0.2) is 18.2 Å². The molecule has 0 saturated heterocycles. The third-order valence-corrected chi connectivity index (χ3v) is 2.55. The molecule has 0 fully saturated rings. The van der Waals surface area contributed by atoms with E-state index in [1.807, 2.05) is 0 Å². The SMILES string of the molecule is CCCCC(NC)c1cccc(F)c1F. The number of rotatable bonds is 5. The molecule has 0 radical (unpaired) electrons. The molecule has 0 aliphatic heterocycles. The smallest absolute Gasteiger partial charge is 0.163 e. The Morgan fingerprint density at radius 1 is 1.33 bits per heavy atom. The van der Waals surface area contributed by atoms with Crippen LogP contribution in [0.3, 0.4) is 0 Å². The fourth-order valence-electron chi connectivity index (χ4n) is 1.65. The molecule has 15 heavy (non-hydrogen) atoms. The van der Waals surface area contributed by atoms with E-state index in [0.29, 0.717) is 5.56 Å². The van der Waals surface area contributed by atoms with Gasteiger partial charge in [0.2, 0.25) is 0 Å². The number of halogens is 2. The van der Waals surface area contributed by atoms with E-state index in [0.717, 1.165) is 25.3 Å². The lowest BCUT2D eigenvalue weighted by atomic mass is 10.0. The lowest BCUT2D eigenvalue weighted by molar-refractivity contribution is 0.456. The minimum atomic E-state index is -0.774. The molecule has 1 N–H and O–H groups in total. The van der Waals surface area contributed by atoms with Crippen molar-refractivity contribution in [3.05, 3.63) is 35.4 Å². The van der Waals surface area contributed by atoms with Gasteiger partial charge in [0.1, 0.15) is 0 Å². The van der Waals surface area contributed by atoms with E-state index >= 15 is 0 Å². The van der Waals surface area contributed by atoms with Gasteiger partial charge >= 0.3 is 0 Å². The Morgan fingerprint density at radius 3 is 2.67 bits per heavy atom. The monoisotopic (exact) mass is 213 g/mol. The third kappa shape index (κ3) is 2.99. The van der Waals surface area contributed by atoms with Crippen LogP contribution in [0.4, 0.5) is 8.78 Å². The molecule has 0 amide bonds. The average Bonchev–Trinajstić information content (AvgIpc) is 2.25. The number of unbranched alkanes of at least 4 members (excludes halogenated alkanes) is 1. The summed E-state index contributed by atoms with van der Waals surface area (Å²) in [6.07, 6.45) is 2.88. The second kappa shape index (κ2) is 5.81. The van der Waals surface area contributed by atoms with Crippen LogP contribution in [0.1, 0.15) is 37.8 Å². The fourth-order valence-corrected chi connectivity index (χ4v) is 1.65. The molecule has 1 aromatic rings. The summed E-state index contributed by atoms with van der Waals surface area (Å²) >= 11 is 0. The molecule has 1 atom stereocenters. The summed E-state index contributed by atoms with van der Waals surface area (Å²) in [6, 6.07) is 4.23. The topological polar surface area (TPSA) is 12.0 Å². The first-order valence-corrected chi connectivity index (χ1v) is 5.31. The molecule has 1 aromatic carbocycles. The van der Waals surface area contributed by atoms with Crippen LogP contribution >= 0.6 is 0 Å². The van der Waals surface area contributed by atoms with Gasteiger partial charge in [0.05, 0.1) is 0 Å². The summed E-state index contributed by atoms with van der Waals surface area (Å²) in [4.78, 5) is 0. The van der Waals surface area contributed by atoms with Crippen molar-refractivity contribution < 1.29 is 8.78 Å². The summed E-state index contributed by atoms with van der Waals surface area (Å²) in [7, 11) is 1.77. The molecule has 3 heteroatoms. The molecule has 0 saturated carbocycles. The Morgan fingerprint density at radius 2 is 2.07 bits per heavy atom. The van der Waals surface area contributed by atoms with Crippen molar-refractivity contribution in [2.45, 2.75) is 32.2 Å². The molecule has 0 spiro atoms. The maximum Gasteiger partial charge on any atom is 0.163 e. The van der Waals surface area contributed by atoms with Crippen LogP contribution < -0.4 is 5.32 Å². The average molecular weight is 213 g/mol. The minimum absolute atomic E-state index is 0.0966. The van der Waals surface area contributed by atoms with Crippen molar-refractivity contribution in [3.8, 4) is 0 Å². The normalized spacial score (nSPS) is 12.8. The number of hydrogen-bond donors (Lipinski definition) is 1. The third-order valence-electron chi connectivity index (χ3n) is 2.55. The minimum Gasteiger partial charge on any atom is -0.313 e. The van der Waals surface area contributed by atoms with Crippen molar-refractivity contribution in [2.75, 3.05) is 7.05 Å². The summed E-state index contributed by atoms with van der Waals surface area (Å²) in [5, 5.41) is 3.01. The van der Waals surface area contributed by atoms with Gasteiger partial charge in [-0.2, -0.15) is 0 Å². The quantitative estimate of drug-likeness (QED) is 0.790. The van der Waals surface area contributed by atoms with E-state index in [1.165, 1.54) is 0 Å². The van der Waals surface area contributed by atoms with E-state index in [9.17, 15) is 8.78 Å². The van der Waals surface area contributed by atoms with Crippen LogP contribution in [-0.2, 0) is 0 Å². The highest BCUT2D eigenvalue weighted by atomic mass is 19.2. The van der Waals surface area contributed by atoms with E-state index in [4.69, 9.17) is 0 Å². The van der Waals surface area contributed by atoms with Crippen molar-refractivity contribution in [1.82, 2.24) is 5.32 Å². The zero-order valence-corrected chi connectivity index (χ0v) is 9.19. The Labute approximate surface area is 89.5 Å². The Balaban J connectivity index is 2.86. The van der Waals surface area contributed by atoms with Gasteiger partial charge in [0.15, 0.2) is 11.6 Å². The van der Waals surface area contributed by atoms with Gasteiger partial charge < -0.3 is 5.32 Å². The summed E-state index contributed by atoms with van der Waals surface area (Å²) in [5.41, 5.74) is 0.422. The first-order valence-electron chi connectivity index (χ1n) is 5.31. The largest absolute Gasteiger partial charge is 0.313 e. The van der Waals surface area contributed by atoms with Crippen LogP contribution in [-0.4, -0.2) is 7.05 Å². The molecular weight excluding hydrogens is 196 g/mol. The number of nitrogens with one attached hydrogen (secondary N) is 1. The Kier molecular flexibility index (Phi) is 4.69. The predicted octanol–water partition coefficient (Wildman–Crippen LogP) is 3.42. The lowest BCUT2D eigenvalue weighted by Crippen LogP contribution is -2.18. The fraction of sp³-hybridized carbons (Fsp3) is 0.500. The van der Waals surface area contributed by atoms with Gasteiger partial charge in [-0.25, -0.2) is 8.78 Å². The van der Waals surface area contributed by atoms with E-state index in [1.54, 1.807) is 19.2 Å². The molecule has 0 heterocycles. The molecule has 0 aromatic heterocycles. The van der Waals surface area contributed by atoms with Gasteiger partial charge in [-0.1, -0.05) is 31.9 Å². The van der Waals surface area contributed by atoms with Gasteiger partial charge in [0.25, 0.3) is 0 Å². The number of hydrogen-bond acceptors (Lipinski definition) is 1. The van der Waals surface area contributed by atoms with Crippen molar-refractivity contribution >= 4 is 0 Å². The number of benzene rings is 1. The van der Waals surface area contributed by atoms with Crippen molar-refractivity contribution in [1.29, 1.82) is 0 Å². The first-order chi connectivity index (χ1) is 7.20. The molecular formula is C12H17F2N. The lowest BCUT2D eigenvalue weighted by Gasteiger charge is -2.17. The maximum absolute atomic E-state index is 13.5. The van der Waals surface area contributed by atoms with Gasteiger partial charge in [0, 0.05) is 11.6 Å². The molecule has 1 unspecified atom stereocenters. The zero-order valence-electron chi connectivity index (χ0n) is 9.19. The molecule has 1 rings (SSSR count). The van der Waals surface area contributed by atoms with Gasteiger partial charge in [-0.15, -0.1) is 0 Å². The zero-order chi connectivity index (χ0) is 11.3. The maximum atomic E-state index is 13.5. The van der Waals surface area contributed by atoms with Crippen LogP contribution in [0, 0.1) is 11.6 Å². The van der Waals surface area contributed by atoms with E-state index in [-0.39, 0.29) is 6.04 Å². The molecule has 0 bridgehead atoms. The second-order valence-electron chi connectivity index (χ2n) is 3.63. The summed E-state index contributed by atoms with van der Waals surface area (Å²) in [6.45, 7) is 2.08. The van der Waals surface area contributed by atoms with Crippen molar-refractivity contribution in [2.24, 2.45) is 0 Å². The van der Waals surface area contributed by atoms with Crippen LogP contribution in [0.5, 0.6) is 0 Å². The van der Waals surface area contributed by atoms with Gasteiger partial charge in [-0.3, -0.25) is 0 Å². The Hall–Kier alpha value is -0.960. The summed E-state index contributed by atoms with van der Waals surface area (Å²) < 4.78 is 26.4. The predicted molar refractivity (Wildman–Crippen MR) is 57.7 cm³/mol. The van der Waals surface area contributed by atoms with Gasteiger partial charge in [-0.05, 0) is 19.5 Å². The Bertz CT molecular complexity index is 312. The molecule has 0 aliphatic carbocycles. The summed E-state index contributed by atoms with van der Waals surface area (Å²) in [5.74, 6) is -1.50. The van der Waals surface area contributed by atoms with Crippen LogP contribution in [0.2, 0.25) is 0 Å². The highest BCUT2D eigenvalue weighted by molar-refractivity contribution is 5.22. The molecule has 84 valence electrons. The highest BCUT2D eigenvalue weighted by Gasteiger charge is 2.15. The molecule has 1 nitrogen and oxygen atoms in total. The molecule has 0 aliphatic rings. The van der Waals surface area contributed by atoms with E-state index < -0.39 is 11.6 Å².